The predicted octanol–water partition coefficient (Wildman–Crippen LogP) is 4.18. The van der Waals surface area contributed by atoms with E-state index in [1.807, 2.05) is 6.08 Å². The average Bonchev–Trinajstić information content (AvgIpc) is 2.68. The number of esters is 1. The van der Waals surface area contributed by atoms with Crippen LogP contribution in [-0.2, 0) is 23.7 Å². The number of aliphatic hydroxyl groups is 1. The molecule has 8 atom stereocenters. The molecule has 4 bridgehead atoms. The van der Waals surface area contributed by atoms with Gasteiger partial charge in [-0.3, -0.25) is 4.79 Å². The summed E-state index contributed by atoms with van der Waals surface area (Å²) >= 11 is 0. The topological polar surface area (TPSA) is 74.2 Å². The van der Waals surface area contributed by atoms with Crippen molar-refractivity contribution < 1.29 is 28.8 Å². The normalized spacial score (nSPS) is 40.5. The van der Waals surface area contributed by atoms with E-state index in [1.165, 1.54) is 0 Å². The summed E-state index contributed by atoms with van der Waals surface area (Å²) in [7, 11) is 1.74. The first-order valence-electron chi connectivity index (χ1n) is 12.2. The number of carbonyl (C=O) groups excluding carboxylic acids is 1. The van der Waals surface area contributed by atoms with Crippen molar-refractivity contribution in [3.63, 3.8) is 0 Å². The number of hydrogen-bond donors (Lipinski definition) is 1. The first-order valence-corrected chi connectivity index (χ1v) is 12.2. The Morgan fingerprint density at radius 2 is 1.84 bits per heavy atom. The van der Waals surface area contributed by atoms with E-state index in [-0.39, 0.29) is 49.0 Å². The second-order valence-electron chi connectivity index (χ2n) is 10.2. The third-order valence-electron chi connectivity index (χ3n) is 6.89. The van der Waals surface area contributed by atoms with Crippen LogP contribution in [0.5, 0.6) is 0 Å². The van der Waals surface area contributed by atoms with E-state index in [4.69, 9.17) is 18.9 Å². The maximum atomic E-state index is 12.7. The lowest BCUT2D eigenvalue weighted by Gasteiger charge is -2.39. The maximum Gasteiger partial charge on any atom is 0.309 e. The summed E-state index contributed by atoms with van der Waals surface area (Å²) in [6.07, 6.45) is 9.64. The molecule has 3 fully saturated rings. The summed E-state index contributed by atoms with van der Waals surface area (Å²) in [5.74, 6) is 0.754. The molecule has 0 aromatic carbocycles. The Hall–Kier alpha value is -0.950. The summed E-state index contributed by atoms with van der Waals surface area (Å²) in [6.45, 7) is 6.59. The predicted molar refractivity (Wildman–Crippen MR) is 119 cm³/mol. The highest BCUT2D eigenvalue weighted by Gasteiger charge is 2.36. The number of hydrogen-bond acceptors (Lipinski definition) is 6. The molecule has 0 amide bonds. The number of allylic oxidation sites excluding steroid dienone is 1. The van der Waals surface area contributed by atoms with Gasteiger partial charge in [-0.25, -0.2) is 0 Å². The molecule has 0 spiro atoms. The lowest BCUT2D eigenvalue weighted by molar-refractivity contribution is -0.165. The van der Waals surface area contributed by atoms with E-state index in [0.717, 1.165) is 25.7 Å². The number of cyclic esters (lactones) is 1. The van der Waals surface area contributed by atoms with Crippen LogP contribution in [-0.4, -0.2) is 60.9 Å². The molecule has 1 unspecified atom stereocenters. The average molecular weight is 439 g/mol. The molecular formula is C25H42O6. The van der Waals surface area contributed by atoms with Gasteiger partial charge in [-0.1, -0.05) is 26.8 Å². The molecular weight excluding hydrogens is 396 g/mol. The molecule has 178 valence electrons. The van der Waals surface area contributed by atoms with E-state index in [1.54, 1.807) is 7.11 Å². The first kappa shape index (κ1) is 24.7. The van der Waals surface area contributed by atoms with Crippen LogP contribution >= 0.6 is 0 Å². The van der Waals surface area contributed by atoms with E-state index >= 15 is 0 Å². The number of aliphatic hydroxyl groups excluding tert-OH is 1. The molecule has 0 saturated carbocycles. The first-order chi connectivity index (χ1) is 14.8. The molecule has 0 aromatic rings. The van der Waals surface area contributed by atoms with Crippen LogP contribution in [0.15, 0.2) is 12.2 Å². The van der Waals surface area contributed by atoms with E-state index in [0.29, 0.717) is 37.5 Å². The molecule has 3 rings (SSSR count). The summed E-state index contributed by atoms with van der Waals surface area (Å²) in [4.78, 5) is 12.7. The number of rotatable bonds is 4. The molecule has 0 aromatic heterocycles. The van der Waals surface area contributed by atoms with Crippen molar-refractivity contribution in [2.45, 2.75) is 121 Å². The molecule has 3 aliphatic rings. The molecule has 3 saturated heterocycles. The van der Waals surface area contributed by atoms with Crippen molar-refractivity contribution in [2.75, 3.05) is 7.11 Å². The number of carbonyl (C=O) groups is 1. The quantitative estimate of drug-likeness (QED) is 0.524. The van der Waals surface area contributed by atoms with Gasteiger partial charge in [-0.05, 0) is 50.0 Å². The number of fused-ring (bicyclic) bond motifs is 4. The summed E-state index contributed by atoms with van der Waals surface area (Å²) in [5.41, 5.74) is 0. The highest BCUT2D eigenvalue weighted by molar-refractivity contribution is 5.70. The van der Waals surface area contributed by atoms with Gasteiger partial charge in [0.1, 0.15) is 6.10 Å². The summed E-state index contributed by atoms with van der Waals surface area (Å²) in [5, 5.41) is 10.4. The van der Waals surface area contributed by atoms with Crippen LogP contribution < -0.4 is 0 Å². The second-order valence-corrected chi connectivity index (χ2v) is 10.2. The molecule has 0 aliphatic carbocycles. The fourth-order valence-electron chi connectivity index (χ4n) is 5.09. The van der Waals surface area contributed by atoms with Gasteiger partial charge < -0.3 is 24.1 Å². The van der Waals surface area contributed by atoms with Gasteiger partial charge in [0.2, 0.25) is 0 Å². The third kappa shape index (κ3) is 7.85. The zero-order valence-electron chi connectivity index (χ0n) is 19.7. The zero-order valence-corrected chi connectivity index (χ0v) is 19.7. The van der Waals surface area contributed by atoms with Crippen LogP contribution in [0, 0.1) is 11.8 Å². The summed E-state index contributed by atoms with van der Waals surface area (Å²) < 4.78 is 24.3. The highest BCUT2D eigenvalue weighted by atomic mass is 16.6. The van der Waals surface area contributed by atoms with Crippen LogP contribution in [0.25, 0.3) is 0 Å². The molecule has 6 nitrogen and oxygen atoms in total. The molecule has 6 heteroatoms. The van der Waals surface area contributed by atoms with Crippen molar-refractivity contribution >= 4 is 5.97 Å². The van der Waals surface area contributed by atoms with Crippen LogP contribution in [0.4, 0.5) is 0 Å². The lowest BCUT2D eigenvalue weighted by atomic mass is 9.87. The SMILES string of the molecule is COC1C[C@@H]2C[C@H](O)C[C@H](CC(=O)O[C@@H](/C=C/CC(C)C)C[C@@H]3CC[C@H](C)[C@@H](C1)O3)O2. The van der Waals surface area contributed by atoms with Crippen molar-refractivity contribution in [2.24, 2.45) is 11.8 Å². The smallest absolute Gasteiger partial charge is 0.309 e. The van der Waals surface area contributed by atoms with Gasteiger partial charge in [0.25, 0.3) is 0 Å². The highest BCUT2D eigenvalue weighted by Crippen LogP contribution is 2.33. The van der Waals surface area contributed by atoms with E-state index in [9.17, 15) is 9.90 Å². The Balaban J connectivity index is 1.78. The Kier molecular flexibility index (Phi) is 9.38. The van der Waals surface area contributed by atoms with Crippen molar-refractivity contribution in [3.8, 4) is 0 Å². The van der Waals surface area contributed by atoms with Gasteiger partial charge in [-0.2, -0.15) is 0 Å². The maximum absolute atomic E-state index is 12.7. The van der Waals surface area contributed by atoms with Crippen LogP contribution in [0.3, 0.4) is 0 Å². The second kappa shape index (κ2) is 11.8. The number of methoxy groups -OCH3 is 1. The third-order valence-corrected chi connectivity index (χ3v) is 6.89. The van der Waals surface area contributed by atoms with Crippen molar-refractivity contribution in [3.05, 3.63) is 12.2 Å². The molecule has 1 N–H and O–H groups in total. The van der Waals surface area contributed by atoms with Gasteiger partial charge in [-0.15, -0.1) is 0 Å². The fraction of sp³-hybridized carbons (Fsp3) is 0.880. The van der Waals surface area contributed by atoms with Gasteiger partial charge in [0.15, 0.2) is 0 Å². The Morgan fingerprint density at radius 3 is 2.58 bits per heavy atom. The van der Waals surface area contributed by atoms with E-state index in [2.05, 4.69) is 26.8 Å². The molecule has 3 heterocycles. The largest absolute Gasteiger partial charge is 0.458 e. The van der Waals surface area contributed by atoms with Gasteiger partial charge >= 0.3 is 5.97 Å². The van der Waals surface area contributed by atoms with Crippen LogP contribution in [0.1, 0.15) is 78.6 Å². The zero-order chi connectivity index (χ0) is 22.4. The van der Waals surface area contributed by atoms with E-state index < -0.39 is 6.10 Å². The van der Waals surface area contributed by atoms with Gasteiger partial charge in [0, 0.05) is 26.4 Å². The molecule has 31 heavy (non-hydrogen) atoms. The Morgan fingerprint density at radius 1 is 1.06 bits per heavy atom. The standard InChI is InChI=1S/C25H42O6/c1-16(2)6-5-7-19-12-20-9-8-17(3)24(30-20)14-21(28-4)13-22-10-18(26)11-23(29-22)15-25(27)31-19/h5,7,16-24,26H,6,8-15H2,1-4H3/b7-5+/t17-,18-,19-,20-,21?,22-,23+,24+/m0/s1. The minimum atomic E-state index is -0.460. The van der Waals surface area contributed by atoms with Gasteiger partial charge in [0.05, 0.1) is 43.0 Å². The molecule has 0 radical (unpaired) electrons. The van der Waals surface area contributed by atoms with Crippen molar-refractivity contribution in [1.82, 2.24) is 0 Å². The Labute approximate surface area is 187 Å². The van der Waals surface area contributed by atoms with Crippen LogP contribution in [0.2, 0.25) is 0 Å². The minimum absolute atomic E-state index is 0.0128. The minimum Gasteiger partial charge on any atom is -0.458 e. The number of ether oxygens (including phenoxy) is 4. The summed E-state index contributed by atoms with van der Waals surface area (Å²) in [6, 6.07) is 0. The molecule has 3 aliphatic heterocycles. The Bertz CT molecular complexity index is 591. The monoisotopic (exact) mass is 438 g/mol. The fourth-order valence-corrected chi connectivity index (χ4v) is 5.09. The lowest BCUT2D eigenvalue weighted by Crippen LogP contribution is -2.42. The van der Waals surface area contributed by atoms with Crippen molar-refractivity contribution in [1.29, 1.82) is 0 Å².